The number of aliphatic hydroxyl groups excluding tert-OH is 1. The normalized spacial score (nSPS) is 34.4. The molecule has 0 aromatic carbocycles. The summed E-state index contributed by atoms with van der Waals surface area (Å²) in [5.74, 6) is 2.41. The van der Waals surface area contributed by atoms with Gasteiger partial charge in [0.05, 0.1) is 5.60 Å². The SMILES string of the molecule is CC(C)(CO)CNC1CCOC2(CCSC2)C1. The van der Waals surface area contributed by atoms with E-state index in [4.69, 9.17) is 4.74 Å². The van der Waals surface area contributed by atoms with Gasteiger partial charge in [-0.05, 0) is 25.0 Å². The Morgan fingerprint density at radius 2 is 2.35 bits per heavy atom. The van der Waals surface area contributed by atoms with Gasteiger partial charge in [0.25, 0.3) is 0 Å². The smallest absolute Gasteiger partial charge is 0.0795 e. The minimum atomic E-state index is -0.0180. The van der Waals surface area contributed by atoms with Gasteiger partial charge in [-0.25, -0.2) is 0 Å². The molecule has 4 heteroatoms. The van der Waals surface area contributed by atoms with E-state index in [1.807, 2.05) is 11.8 Å². The summed E-state index contributed by atoms with van der Waals surface area (Å²) in [6.07, 6.45) is 3.45. The van der Waals surface area contributed by atoms with Crippen LogP contribution in [-0.4, -0.2) is 48.0 Å². The van der Waals surface area contributed by atoms with Gasteiger partial charge in [-0.3, -0.25) is 0 Å². The molecule has 2 saturated heterocycles. The summed E-state index contributed by atoms with van der Waals surface area (Å²) < 4.78 is 6.00. The van der Waals surface area contributed by atoms with Crippen LogP contribution in [0, 0.1) is 5.41 Å². The summed E-state index contributed by atoms with van der Waals surface area (Å²) in [5.41, 5.74) is 0.139. The summed E-state index contributed by atoms with van der Waals surface area (Å²) in [6.45, 7) is 6.21. The summed E-state index contributed by atoms with van der Waals surface area (Å²) >= 11 is 2.02. The third-order valence-corrected chi connectivity index (χ3v) is 5.08. The molecule has 2 heterocycles. The molecule has 0 amide bonds. The molecule has 2 fully saturated rings. The lowest BCUT2D eigenvalue weighted by atomic mass is 9.88. The number of rotatable bonds is 4. The van der Waals surface area contributed by atoms with Crippen molar-refractivity contribution in [1.82, 2.24) is 5.32 Å². The molecule has 0 aromatic rings. The summed E-state index contributed by atoms with van der Waals surface area (Å²) in [5, 5.41) is 12.9. The molecule has 0 aromatic heterocycles. The molecular formula is C13H25NO2S. The number of nitrogens with one attached hydrogen (secondary N) is 1. The molecule has 0 bridgehead atoms. The Morgan fingerprint density at radius 3 is 3.00 bits per heavy atom. The minimum absolute atomic E-state index is 0.0180. The predicted molar refractivity (Wildman–Crippen MR) is 72.5 cm³/mol. The molecule has 100 valence electrons. The van der Waals surface area contributed by atoms with Crippen molar-refractivity contribution in [3.8, 4) is 0 Å². The molecule has 2 aliphatic rings. The van der Waals surface area contributed by atoms with Crippen molar-refractivity contribution < 1.29 is 9.84 Å². The highest BCUT2D eigenvalue weighted by Gasteiger charge is 2.40. The summed E-state index contributed by atoms with van der Waals surface area (Å²) in [6, 6.07) is 0.563. The Kier molecular flexibility index (Phi) is 4.40. The summed E-state index contributed by atoms with van der Waals surface area (Å²) in [7, 11) is 0. The molecule has 2 unspecified atom stereocenters. The van der Waals surface area contributed by atoms with E-state index in [0.29, 0.717) is 6.04 Å². The van der Waals surface area contributed by atoms with Crippen LogP contribution < -0.4 is 5.32 Å². The first-order chi connectivity index (χ1) is 8.05. The largest absolute Gasteiger partial charge is 0.396 e. The maximum absolute atomic E-state index is 9.26. The molecule has 0 aliphatic carbocycles. The fourth-order valence-electron chi connectivity index (χ4n) is 2.54. The van der Waals surface area contributed by atoms with Gasteiger partial charge >= 0.3 is 0 Å². The molecule has 0 saturated carbocycles. The second-order valence-electron chi connectivity index (χ2n) is 6.23. The van der Waals surface area contributed by atoms with Crippen LogP contribution in [-0.2, 0) is 4.74 Å². The second kappa shape index (κ2) is 5.47. The Labute approximate surface area is 109 Å². The van der Waals surface area contributed by atoms with Crippen LogP contribution in [0.15, 0.2) is 0 Å². The van der Waals surface area contributed by atoms with Crippen LogP contribution >= 0.6 is 11.8 Å². The Balaban J connectivity index is 1.81. The van der Waals surface area contributed by atoms with E-state index >= 15 is 0 Å². The van der Waals surface area contributed by atoms with E-state index in [9.17, 15) is 5.11 Å². The number of ether oxygens (including phenoxy) is 1. The third-order valence-electron chi connectivity index (χ3n) is 3.86. The average molecular weight is 259 g/mol. The van der Waals surface area contributed by atoms with Crippen molar-refractivity contribution in [2.45, 2.75) is 44.8 Å². The number of hydrogen-bond donors (Lipinski definition) is 2. The molecule has 2 N–H and O–H groups in total. The van der Waals surface area contributed by atoms with Gasteiger partial charge in [-0.2, -0.15) is 11.8 Å². The molecule has 17 heavy (non-hydrogen) atoms. The van der Waals surface area contributed by atoms with E-state index in [2.05, 4.69) is 19.2 Å². The highest BCUT2D eigenvalue weighted by molar-refractivity contribution is 7.99. The standard InChI is InChI=1S/C13H25NO2S/c1-12(2,9-15)8-14-11-3-5-16-13(7-11)4-6-17-10-13/h11,14-15H,3-10H2,1-2H3. The first-order valence-electron chi connectivity index (χ1n) is 6.61. The average Bonchev–Trinajstić information content (AvgIpc) is 2.75. The predicted octanol–water partition coefficient (Wildman–Crippen LogP) is 1.65. The van der Waals surface area contributed by atoms with Crippen LogP contribution in [0.4, 0.5) is 0 Å². The monoisotopic (exact) mass is 259 g/mol. The molecule has 3 nitrogen and oxygen atoms in total. The van der Waals surface area contributed by atoms with Gasteiger partial charge in [-0.15, -0.1) is 0 Å². The van der Waals surface area contributed by atoms with Crippen molar-refractivity contribution in [3.63, 3.8) is 0 Å². The zero-order valence-corrected chi connectivity index (χ0v) is 11.8. The highest BCUT2D eigenvalue weighted by atomic mass is 32.2. The van der Waals surface area contributed by atoms with Crippen LogP contribution in [0.2, 0.25) is 0 Å². The Morgan fingerprint density at radius 1 is 1.53 bits per heavy atom. The van der Waals surface area contributed by atoms with Crippen LogP contribution in [0.5, 0.6) is 0 Å². The molecule has 0 radical (unpaired) electrons. The molecule has 1 spiro atoms. The van der Waals surface area contributed by atoms with Gasteiger partial charge < -0.3 is 15.2 Å². The number of hydrogen-bond acceptors (Lipinski definition) is 4. The van der Waals surface area contributed by atoms with Gasteiger partial charge in [0.15, 0.2) is 0 Å². The lowest BCUT2D eigenvalue weighted by Crippen LogP contribution is -2.49. The fourth-order valence-corrected chi connectivity index (χ4v) is 3.92. The molecular weight excluding hydrogens is 234 g/mol. The van der Waals surface area contributed by atoms with Gasteiger partial charge in [0.2, 0.25) is 0 Å². The van der Waals surface area contributed by atoms with Crippen molar-refractivity contribution in [2.75, 3.05) is 31.3 Å². The number of thioether (sulfide) groups is 1. The van der Waals surface area contributed by atoms with Crippen molar-refractivity contribution in [2.24, 2.45) is 5.41 Å². The first kappa shape index (κ1) is 13.7. The zero-order valence-electron chi connectivity index (χ0n) is 11.0. The van der Waals surface area contributed by atoms with Crippen molar-refractivity contribution in [1.29, 1.82) is 0 Å². The van der Waals surface area contributed by atoms with E-state index in [0.717, 1.165) is 31.7 Å². The Hall–Kier alpha value is 0.230. The lowest BCUT2D eigenvalue weighted by molar-refractivity contribution is -0.0712. The number of aliphatic hydroxyl groups is 1. The van der Waals surface area contributed by atoms with Crippen molar-refractivity contribution in [3.05, 3.63) is 0 Å². The Bertz CT molecular complexity index is 252. The topological polar surface area (TPSA) is 41.5 Å². The molecule has 2 aliphatic heterocycles. The van der Waals surface area contributed by atoms with Gasteiger partial charge in [-0.1, -0.05) is 13.8 Å². The van der Waals surface area contributed by atoms with E-state index in [1.54, 1.807) is 0 Å². The highest BCUT2D eigenvalue weighted by Crippen LogP contribution is 2.38. The summed E-state index contributed by atoms with van der Waals surface area (Å²) in [4.78, 5) is 0. The second-order valence-corrected chi connectivity index (χ2v) is 7.33. The van der Waals surface area contributed by atoms with Gasteiger partial charge in [0, 0.05) is 37.0 Å². The first-order valence-corrected chi connectivity index (χ1v) is 7.77. The van der Waals surface area contributed by atoms with Gasteiger partial charge in [0.1, 0.15) is 0 Å². The van der Waals surface area contributed by atoms with E-state index < -0.39 is 0 Å². The lowest BCUT2D eigenvalue weighted by Gasteiger charge is -2.39. The van der Waals surface area contributed by atoms with Crippen LogP contribution in [0.1, 0.15) is 33.1 Å². The van der Waals surface area contributed by atoms with E-state index in [1.165, 1.54) is 12.2 Å². The molecule has 2 rings (SSSR count). The quantitative estimate of drug-likeness (QED) is 0.805. The molecule has 2 atom stereocenters. The van der Waals surface area contributed by atoms with Crippen molar-refractivity contribution >= 4 is 11.8 Å². The van der Waals surface area contributed by atoms with Crippen LogP contribution in [0.3, 0.4) is 0 Å². The fraction of sp³-hybridized carbons (Fsp3) is 1.00. The maximum atomic E-state index is 9.26. The van der Waals surface area contributed by atoms with Crippen LogP contribution in [0.25, 0.3) is 0 Å². The third kappa shape index (κ3) is 3.60. The van der Waals surface area contributed by atoms with E-state index in [-0.39, 0.29) is 17.6 Å². The maximum Gasteiger partial charge on any atom is 0.0795 e. The minimum Gasteiger partial charge on any atom is -0.396 e. The zero-order chi connectivity index (χ0) is 12.4.